The van der Waals surface area contributed by atoms with E-state index < -0.39 is 0 Å². The topological polar surface area (TPSA) is 109 Å². The van der Waals surface area contributed by atoms with Crippen molar-refractivity contribution in [1.29, 1.82) is 0 Å². The van der Waals surface area contributed by atoms with Gasteiger partial charge in [-0.05, 0) is 23.3 Å². The molecule has 4 rings (SSSR count). The van der Waals surface area contributed by atoms with E-state index in [2.05, 4.69) is 53.5 Å². The Bertz CT molecular complexity index is 1210. The summed E-state index contributed by atoms with van der Waals surface area (Å²) in [4.78, 5) is 20.8. The maximum Gasteiger partial charge on any atom is 1.00 e. The molecule has 0 saturated carbocycles. The molecular weight excluding hydrogens is 487 g/mol. The second kappa shape index (κ2) is 14.1. The fraction of sp³-hybridized carbons (Fsp3) is 0.231. The van der Waals surface area contributed by atoms with Crippen LogP contribution in [0, 0.1) is 12.3 Å². The molecule has 0 aliphatic heterocycles. The predicted octanol–water partition coefficient (Wildman–Crippen LogP) is 2.11. The van der Waals surface area contributed by atoms with Crippen LogP contribution in [0.5, 0.6) is 23.5 Å². The summed E-state index contributed by atoms with van der Waals surface area (Å²) in [6, 6.07) is 19.9. The Morgan fingerprint density at radius 3 is 2.17 bits per heavy atom. The number of methoxy groups -OCH3 is 2. The molecule has 4 aromatic rings. The van der Waals surface area contributed by atoms with Crippen molar-refractivity contribution in [2.24, 2.45) is 0 Å². The van der Waals surface area contributed by atoms with E-state index in [1.807, 2.05) is 0 Å². The zero-order chi connectivity index (χ0) is 25.3. The summed E-state index contributed by atoms with van der Waals surface area (Å²) in [6.07, 6.45) is 2.62. The van der Waals surface area contributed by atoms with Crippen LogP contribution in [-0.4, -0.2) is 35.3 Å². The molecule has 0 unspecified atom stereocenters. The largest absolute Gasteiger partial charge is 1.00 e. The number of nitrogens with zero attached hydrogens (tertiary/aromatic N) is 3. The standard InChI is InChI=1S/C19H16N3O4.C7H10NO.K/c1-24-16-12-17(25-2)22-19(21-16)26-15-11-7-6-10-14(15)18(23)20-13-8-4-3-5-9-13;1-7(2,3)6-4-5-8-9-6;/h4-12H,1-2H3,(H,20,23);4H,1-3H3;/q2*-1;+1. The van der Waals surface area contributed by atoms with Crippen molar-refractivity contribution in [3.63, 3.8) is 0 Å². The number of carbonyl (C=O) groups is 1. The van der Waals surface area contributed by atoms with Crippen LogP contribution in [0.2, 0.25) is 0 Å². The van der Waals surface area contributed by atoms with Gasteiger partial charge in [0.25, 0.3) is 5.91 Å². The van der Waals surface area contributed by atoms with Crippen LogP contribution >= 0.6 is 0 Å². The fourth-order valence-electron chi connectivity index (χ4n) is 2.69. The molecule has 0 radical (unpaired) electrons. The van der Waals surface area contributed by atoms with E-state index in [0.29, 0.717) is 17.0 Å². The van der Waals surface area contributed by atoms with Crippen LogP contribution in [0.15, 0.2) is 65.2 Å². The van der Waals surface area contributed by atoms with Crippen LogP contribution < -0.4 is 70.9 Å². The van der Waals surface area contributed by atoms with Gasteiger partial charge in [-0.3, -0.25) is 4.79 Å². The number of hydrogen-bond donors (Lipinski definition) is 1. The monoisotopic (exact) mass is 513 g/mol. The van der Waals surface area contributed by atoms with Gasteiger partial charge in [-0.2, -0.15) is 34.2 Å². The van der Waals surface area contributed by atoms with E-state index in [0.717, 1.165) is 5.76 Å². The van der Waals surface area contributed by atoms with Gasteiger partial charge < -0.3 is 24.1 Å². The van der Waals surface area contributed by atoms with Gasteiger partial charge in [0.2, 0.25) is 11.8 Å². The number of rotatable bonds is 6. The quantitative estimate of drug-likeness (QED) is 0.309. The molecule has 0 aliphatic rings. The van der Waals surface area contributed by atoms with Crippen LogP contribution in [0.25, 0.3) is 0 Å². The minimum atomic E-state index is -0.318. The number of hydrogen-bond acceptors (Lipinski definition) is 8. The van der Waals surface area contributed by atoms with Gasteiger partial charge in [0.05, 0.1) is 25.8 Å². The molecule has 2 heterocycles. The summed E-state index contributed by atoms with van der Waals surface area (Å²) in [6.45, 7) is 6.21. The average molecular weight is 514 g/mol. The molecule has 0 atom stereocenters. The Balaban J connectivity index is 0.000000386. The zero-order valence-electron chi connectivity index (χ0n) is 21.2. The predicted molar refractivity (Wildman–Crippen MR) is 129 cm³/mol. The second-order valence-electron chi connectivity index (χ2n) is 8.15. The molecule has 0 saturated heterocycles. The number of ether oxygens (including phenoxy) is 3. The maximum atomic E-state index is 12.6. The molecule has 1 amide bonds. The first-order valence-corrected chi connectivity index (χ1v) is 10.6. The third-order valence-corrected chi connectivity index (χ3v) is 4.52. The number of para-hydroxylation sites is 1. The van der Waals surface area contributed by atoms with Crippen LogP contribution in [0.3, 0.4) is 0 Å². The van der Waals surface area contributed by atoms with E-state index in [1.54, 1.807) is 54.6 Å². The zero-order valence-corrected chi connectivity index (χ0v) is 24.3. The van der Waals surface area contributed by atoms with Crippen molar-refractivity contribution in [2.45, 2.75) is 26.2 Å². The number of anilines is 1. The molecule has 9 nitrogen and oxygen atoms in total. The van der Waals surface area contributed by atoms with E-state index in [9.17, 15) is 4.79 Å². The normalized spacial score (nSPS) is 10.2. The first kappa shape index (κ1) is 29.5. The third kappa shape index (κ3) is 8.72. The molecule has 2 aromatic carbocycles. The molecule has 2 aromatic heterocycles. The Labute approximate surface area is 253 Å². The van der Waals surface area contributed by atoms with Crippen molar-refractivity contribution >= 4 is 11.6 Å². The number of carbonyl (C=O) groups excluding carboxylic acids is 1. The first-order chi connectivity index (χ1) is 16.8. The molecule has 182 valence electrons. The Hall–Kier alpha value is -2.76. The molecule has 10 heteroatoms. The smallest absolute Gasteiger partial charge is 0.481 e. The summed E-state index contributed by atoms with van der Waals surface area (Å²) < 4.78 is 20.8. The number of nitrogens with one attached hydrogen (secondary N) is 1. The van der Waals surface area contributed by atoms with Crippen LogP contribution in [0.4, 0.5) is 5.69 Å². The van der Waals surface area contributed by atoms with Crippen molar-refractivity contribution < 1.29 is 74.9 Å². The Kier molecular flexibility index (Phi) is 11.5. The number of amides is 1. The molecule has 0 bridgehead atoms. The maximum absolute atomic E-state index is 12.6. The van der Waals surface area contributed by atoms with E-state index in [-0.39, 0.29) is 80.5 Å². The summed E-state index contributed by atoms with van der Waals surface area (Å²) >= 11 is 0. The van der Waals surface area contributed by atoms with Gasteiger partial charge >= 0.3 is 57.4 Å². The van der Waals surface area contributed by atoms with Crippen molar-refractivity contribution in [1.82, 2.24) is 15.1 Å². The summed E-state index contributed by atoms with van der Waals surface area (Å²) in [5.74, 6) is 1.44. The summed E-state index contributed by atoms with van der Waals surface area (Å²) in [5.41, 5.74) is 1.06. The number of benzene rings is 2. The van der Waals surface area contributed by atoms with Gasteiger partial charge in [-0.25, -0.2) is 5.16 Å². The SMILES string of the molecule is CC(C)(C)c1c[c-]no1.COc1cc(OC)nc(Oc2ccccc2C(=O)Nc2cc[c-]cc2)n1.[K+]. The molecular formula is C26H26KN4O5-. The van der Waals surface area contributed by atoms with Gasteiger partial charge in [0.15, 0.2) is 0 Å². The van der Waals surface area contributed by atoms with Crippen molar-refractivity contribution in [3.05, 3.63) is 84.3 Å². The Morgan fingerprint density at radius 2 is 1.64 bits per heavy atom. The van der Waals surface area contributed by atoms with E-state index in [4.69, 9.17) is 18.7 Å². The molecule has 1 N–H and O–H groups in total. The van der Waals surface area contributed by atoms with Gasteiger partial charge in [-0.1, -0.05) is 38.6 Å². The molecule has 0 spiro atoms. The summed E-state index contributed by atoms with van der Waals surface area (Å²) in [5, 5.41) is 6.29. The van der Waals surface area contributed by atoms with Gasteiger partial charge in [0.1, 0.15) is 5.75 Å². The fourth-order valence-corrected chi connectivity index (χ4v) is 2.69. The average Bonchev–Trinajstić information content (AvgIpc) is 3.41. The van der Waals surface area contributed by atoms with Gasteiger partial charge in [-0.15, -0.1) is 18.3 Å². The molecule has 0 aliphatic carbocycles. The molecule has 36 heavy (non-hydrogen) atoms. The van der Waals surface area contributed by atoms with Gasteiger partial charge in [0, 0.05) is 0 Å². The Morgan fingerprint density at radius 1 is 1.00 bits per heavy atom. The van der Waals surface area contributed by atoms with Crippen LogP contribution in [-0.2, 0) is 5.41 Å². The number of aromatic nitrogens is 3. The van der Waals surface area contributed by atoms with Crippen molar-refractivity contribution in [3.8, 4) is 23.5 Å². The first-order valence-electron chi connectivity index (χ1n) is 10.6. The van der Waals surface area contributed by atoms with Crippen molar-refractivity contribution in [2.75, 3.05) is 19.5 Å². The van der Waals surface area contributed by atoms with E-state index >= 15 is 0 Å². The second-order valence-corrected chi connectivity index (χ2v) is 8.15. The minimum absolute atomic E-state index is 0. The third-order valence-electron chi connectivity index (χ3n) is 4.52. The summed E-state index contributed by atoms with van der Waals surface area (Å²) in [7, 11) is 2.95. The minimum Gasteiger partial charge on any atom is -0.481 e. The molecule has 0 fully saturated rings. The van der Waals surface area contributed by atoms with Crippen LogP contribution in [0.1, 0.15) is 36.9 Å². The van der Waals surface area contributed by atoms with E-state index in [1.165, 1.54) is 20.3 Å².